The largest absolute Gasteiger partial charge is 0.494 e. The lowest BCUT2D eigenvalue weighted by molar-refractivity contribution is -0.178. The average molecular weight is 351 g/mol. The number of aromatic nitrogens is 1. The summed E-state index contributed by atoms with van der Waals surface area (Å²) >= 11 is 0. The lowest BCUT2D eigenvalue weighted by Gasteiger charge is -2.47. The number of hydrogen-bond acceptors (Lipinski definition) is 4. The standard InChI is InChI=1S/C20H33NO4/c1-7-20(10-13(4)8-9-16(20)12(2)3)25-17(22)11-21-18(23)14(5)15(6)19(21)24/h12-13,16,23-24H,7-11H2,1-6H3. The molecule has 3 unspecified atom stereocenters. The Morgan fingerprint density at radius 2 is 1.80 bits per heavy atom. The van der Waals surface area contributed by atoms with Gasteiger partial charge in [-0.15, -0.1) is 0 Å². The number of carbonyl (C=O) groups excluding carboxylic acids is 1. The molecule has 5 nitrogen and oxygen atoms in total. The van der Waals surface area contributed by atoms with Crippen molar-refractivity contribution in [2.75, 3.05) is 0 Å². The van der Waals surface area contributed by atoms with Crippen LogP contribution in [-0.4, -0.2) is 26.4 Å². The van der Waals surface area contributed by atoms with Gasteiger partial charge >= 0.3 is 5.97 Å². The molecule has 1 aliphatic rings. The highest BCUT2D eigenvalue weighted by Gasteiger charge is 2.46. The Morgan fingerprint density at radius 1 is 1.24 bits per heavy atom. The summed E-state index contributed by atoms with van der Waals surface area (Å²) in [5.74, 6) is 0.763. The molecule has 142 valence electrons. The van der Waals surface area contributed by atoms with Crippen LogP contribution in [-0.2, 0) is 16.1 Å². The van der Waals surface area contributed by atoms with E-state index in [1.807, 2.05) is 0 Å². The Labute approximate surface area is 151 Å². The number of carbonyl (C=O) groups is 1. The van der Waals surface area contributed by atoms with E-state index in [9.17, 15) is 15.0 Å². The van der Waals surface area contributed by atoms with Gasteiger partial charge in [-0.1, -0.05) is 34.1 Å². The molecule has 0 saturated heterocycles. The van der Waals surface area contributed by atoms with Crippen molar-refractivity contribution < 1.29 is 19.7 Å². The first kappa shape index (κ1) is 19.7. The van der Waals surface area contributed by atoms with Gasteiger partial charge in [-0.25, -0.2) is 0 Å². The first-order chi connectivity index (χ1) is 11.6. The van der Waals surface area contributed by atoms with Gasteiger partial charge in [0.25, 0.3) is 0 Å². The first-order valence-corrected chi connectivity index (χ1v) is 9.42. The molecule has 3 atom stereocenters. The van der Waals surface area contributed by atoms with E-state index in [1.54, 1.807) is 13.8 Å². The zero-order valence-corrected chi connectivity index (χ0v) is 16.4. The number of esters is 1. The molecular formula is C20H33NO4. The van der Waals surface area contributed by atoms with E-state index in [2.05, 4.69) is 27.7 Å². The average Bonchev–Trinajstić information content (AvgIpc) is 2.72. The minimum Gasteiger partial charge on any atom is -0.494 e. The van der Waals surface area contributed by atoms with Gasteiger partial charge in [0.05, 0.1) is 0 Å². The van der Waals surface area contributed by atoms with E-state index in [1.165, 1.54) is 11.0 Å². The van der Waals surface area contributed by atoms with Gasteiger partial charge in [-0.05, 0) is 44.9 Å². The third-order valence-corrected chi connectivity index (χ3v) is 6.09. The maximum atomic E-state index is 12.7. The minimum atomic E-state index is -0.453. The maximum absolute atomic E-state index is 12.7. The second-order valence-corrected chi connectivity index (χ2v) is 8.11. The molecule has 2 rings (SSSR count). The van der Waals surface area contributed by atoms with Crippen LogP contribution in [0.5, 0.6) is 11.8 Å². The molecule has 0 radical (unpaired) electrons. The molecule has 0 aliphatic heterocycles. The fourth-order valence-corrected chi connectivity index (χ4v) is 4.49. The number of hydrogen-bond donors (Lipinski definition) is 2. The highest BCUT2D eigenvalue weighted by Crippen LogP contribution is 2.45. The molecule has 0 bridgehead atoms. The summed E-state index contributed by atoms with van der Waals surface area (Å²) in [6.45, 7) is 11.9. The summed E-state index contributed by atoms with van der Waals surface area (Å²) in [5, 5.41) is 20.3. The van der Waals surface area contributed by atoms with E-state index in [0.717, 1.165) is 19.3 Å². The molecule has 5 heteroatoms. The number of ether oxygens (including phenoxy) is 1. The normalized spacial score (nSPS) is 26.8. The Morgan fingerprint density at radius 3 is 2.28 bits per heavy atom. The second-order valence-electron chi connectivity index (χ2n) is 8.11. The second kappa shape index (κ2) is 7.30. The number of nitrogens with zero attached hydrogens (tertiary/aromatic N) is 1. The molecule has 0 spiro atoms. The molecule has 1 fully saturated rings. The van der Waals surface area contributed by atoms with Crippen LogP contribution < -0.4 is 0 Å². The summed E-state index contributed by atoms with van der Waals surface area (Å²) in [4.78, 5) is 12.7. The van der Waals surface area contributed by atoms with Crippen LogP contribution in [0.4, 0.5) is 0 Å². The van der Waals surface area contributed by atoms with Crippen LogP contribution in [0.15, 0.2) is 0 Å². The SMILES string of the molecule is CCC1(OC(=O)Cn2c(O)c(C)c(C)c2O)CC(C)CCC1C(C)C. The van der Waals surface area contributed by atoms with E-state index >= 15 is 0 Å². The fraction of sp³-hybridized carbons (Fsp3) is 0.750. The van der Waals surface area contributed by atoms with Crippen molar-refractivity contribution in [1.82, 2.24) is 4.57 Å². The van der Waals surface area contributed by atoms with E-state index < -0.39 is 11.6 Å². The smallest absolute Gasteiger partial charge is 0.326 e. The van der Waals surface area contributed by atoms with Crippen LogP contribution >= 0.6 is 0 Å². The Bertz CT molecular complexity index is 609. The van der Waals surface area contributed by atoms with Gasteiger partial charge in [-0.3, -0.25) is 9.36 Å². The molecule has 1 heterocycles. The van der Waals surface area contributed by atoms with Crippen LogP contribution in [0.25, 0.3) is 0 Å². The predicted octanol–water partition coefficient (Wildman–Crippen LogP) is 4.30. The van der Waals surface area contributed by atoms with E-state index in [-0.39, 0.29) is 18.3 Å². The molecular weight excluding hydrogens is 318 g/mol. The quantitative estimate of drug-likeness (QED) is 0.776. The zero-order chi connectivity index (χ0) is 18.9. The van der Waals surface area contributed by atoms with Crippen LogP contribution in [0, 0.1) is 31.6 Å². The lowest BCUT2D eigenvalue weighted by atomic mass is 9.66. The Balaban J connectivity index is 2.23. The predicted molar refractivity (Wildman–Crippen MR) is 97.7 cm³/mol. The van der Waals surface area contributed by atoms with Crippen molar-refractivity contribution in [3.05, 3.63) is 11.1 Å². The highest BCUT2D eigenvalue weighted by atomic mass is 16.6. The molecule has 1 saturated carbocycles. The van der Waals surface area contributed by atoms with Gasteiger partial charge < -0.3 is 14.9 Å². The van der Waals surface area contributed by atoms with Crippen molar-refractivity contribution in [2.24, 2.45) is 17.8 Å². The number of rotatable bonds is 5. The van der Waals surface area contributed by atoms with Crippen LogP contribution in [0.1, 0.15) is 64.5 Å². The third kappa shape index (κ3) is 3.65. The molecule has 0 amide bonds. The monoisotopic (exact) mass is 351 g/mol. The number of aromatic hydroxyl groups is 2. The van der Waals surface area contributed by atoms with Crippen molar-refractivity contribution in [3.63, 3.8) is 0 Å². The topological polar surface area (TPSA) is 71.7 Å². The maximum Gasteiger partial charge on any atom is 0.326 e. The van der Waals surface area contributed by atoms with Crippen LogP contribution in [0.3, 0.4) is 0 Å². The summed E-state index contributed by atoms with van der Waals surface area (Å²) in [6.07, 6.45) is 3.89. The minimum absolute atomic E-state index is 0.0741. The van der Waals surface area contributed by atoms with Gasteiger partial charge in [0.15, 0.2) is 11.8 Å². The summed E-state index contributed by atoms with van der Waals surface area (Å²) in [6, 6.07) is 0. The first-order valence-electron chi connectivity index (χ1n) is 9.42. The van der Waals surface area contributed by atoms with Crippen molar-refractivity contribution >= 4 is 5.97 Å². The van der Waals surface area contributed by atoms with E-state index in [0.29, 0.717) is 28.9 Å². The summed E-state index contributed by atoms with van der Waals surface area (Å²) < 4.78 is 7.28. The molecule has 2 N–H and O–H groups in total. The Kier molecular flexibility index (Phi) is 5.75. The van der Waals surface area contributed by atoms with Crippen LogP contribution in [0.2, 0.25) is 0 Å². The highest BCUT2D eigenvalue weighted by molar-refractivity contribution is 5.71. The molecule has 0 aromatic carbocycles. The molecule has 1 aromatic heterocycles. The third-order valence-electron chi connectivity index (χ3n) is 6.09. The van der Waals surface area contributed by atoms with Gasteiger partial charge in [0, 0.05) is 17.0 Å². The van der Waals surface area contributed by atoms with E-state index in [4.69, 9.17) is 4.74 Å². The molecule has 1 aromatic rings. The fourth-order valence-electron chi connectivity index (χ4n) is 4.49. The zero-order valence-electron chi connectivity index (χ0n) is 16.4. The molecule has 1 aliphatic carbocycles. The Hall–Kier alpha value is -1.65. The lowest BCUT2D eigenvalue weighted by Crippen LogP contribution is -2.49. The van der Waals surface area contributed by atoms with Crippen molar-refractivity contribution in [2.45, 2.75) is 79.4 Å². The molecule has 25 heavy (non-hydrogen) atoms. The van der Waals surface area contributed by atoms with Crippen molar-refractivity contribution in [3.8, 4) is 11.8 Å². The van der Waals surface area contributed by atoms with Gasteiger partial charge in [0.2, 0.25) is 0 Å². The van der Waals surface area contributed by atoms with Crippen molar-refractivity contribution in [1.29, 1.82) is 0 Å². The summed E-state index contributed by atoms with van der Waals surface area (Å²) in [7, 11) is 0. The van der Waals surface area contributed by atoms with Gasteiger partial charge in [0.1, 0.15) is 12.1 Å². The summed E-state index contributed by atoms with van der Waals surface area (Å²) in [5.41, 5.74) is 0.717. The van der Waals surface area contributed by atoms with Gasteiger partial charge in [-0.2, -0.15) is 0 Å².